The molecule has 0 aromatic carbocycles. The van der Waals surface area contributed by atoms with Gasteiger partial charge in [-0.2, -0.15) is 0 Å². The van der Waals surface area contributed by atoms with Crippen LogP contribution in [-0.4, -0.2) is 62.3 Å². The standard InChI is InChI=1S/2C13H21N.ClH.Ti/c2*1-14(10-5-2-6-11-14)12-9-13-7-3-4-8-13;;/h2*3-4,7-8H,2,5-6,9-12H2,1H3;1H;/q2*+1;;+4/p-1. The average Bonchev–Trinajstić information content (AvgIpc) is 3.41. The van der Waals surface area contributed by atoms with Gasteiger partial charge < -0.3 is 21.4 Å². The third-order valence-corrected chi connectivity index (χ3v) is 7.14. The molecule has 4 aliphatic rings. The summed E-state index contributed by atoms with van der Waals surface area (Å²) in [6, 6.07) is 0. The summed E-state index contributed by atoms with van der Waals surface area (Å²) < 4.78 is 2.59. The monoisotopic (exact) mass is 465 g/mol. The van der Waals surface area contributed by atoms with E-state index in [1.165, 1.54) is 111 Å². The Kier molecular flexibility index (Phi) is 14.4. The first-order valence-corrected chi connectivity index (χ1v) is 11.7. The predicted molar refractivity (Wildman–Crippen MR) is 119 cm³/mol. The number of halogens is 1. The number of rotatable bonds is 6. The van der Waals surface area contributed by atoms with E-state index in [1.54, 1.807) is 0 Å². The molecule has 162 valence electrons. The molecule has 2 saturated carbocycles. The molecule has 2 aliphatic carbocycles. The van der Waals surface area contributed by atoms with Gasteiger partial charge in [-0.3, -0.25) is 0 Å². The van der Waals surface area contributed by atoms with Gasteiger partial charge in [-0.15, -0.1) is 0 Å². The molecule has 0 spiro atoms. The maximum absolute atomic E-state index is 2.42. The van der Waals surface area contributed by atoms with Crippen LogP contribution in [0.5, 0.6) is 0 Å². The van der Waals surface area contributed by atoms with Crippen LogP contribution in [0, 0.1) is 63.2 Å². The Bertz CT molecular complexity index is 381. The molecule has 30 heavy (non-hydrogen) atoms. The third kappa shape index (κ3) is 10.2. The van der Waals surface area contributed by atoms with Crippen molar-refractivity contribution in [3.05, 3.63) is 63.2 Å². The van der Waals surface area contributed by atoms with E-state index in [4.69, 9.17) is 0 Å². The topological polar surface area (TPSA) is 0 Å². The summed E-state index contributed by atoms with van der Waals surface area (Å²) in [6.07, 6.45) is 28.7. The van der Waals surface area contributed by atoms with Crippen molar-refractivity contribution in [2.75, 3.05) is 53.4 Å². The summed E-state index contributed by atoms with van der Waals surface area (Å²) in [5.41, 5.74) is 0. The maximum Gasteiger partial charge on any atom is 4.00 e. The molecule has 2 heterocycles. The molecule has 0 aromatic heterocycles. The summed E-state index contributed by atoms with van der Waals surface area (Å²) >= 11 is 0. The third-order valence-electron chi connectivity index (χ3n) is 7.14. The second-order valence-corrected chi connectivity index (χ2v) is 9.79. The van der Waals surface area contributed by atoms with E-state index in [-0.39, 0.29) is 34.1 Å². The Balaban J connectivity index is 0.000000281. The number of hydrogen-bond donors (Lipinski definition) is 0. The molecule has 4 rings (SSSR count). The molecule has 0 N–H and O–H groups in total. The first-order valence-electron chi connectivity index (χ1n) is 11.7. The van der Waals surface area contributed by atoms with Gasteiger partial charge >= 0.3 is 21.7 Å². The van der Waals surface area contributed by atoms with E-state index in [2.05, 4.69) is 65.5 Å². The van der Waals surface area contributed by atoms with Crippen LogP contribution in [0.15, 0.2) is 0 Å². The SMILES string of the molecule is C[N+]1(CC[C]2[CH][CH][CH][CH]2)CCCCC1.C[N+]1(CC[C]2[CH][CH][CH][CH]2)CCCCC1.[Cl-].[Ti+4]. The zero-order valence-electron chi connectivity index (χ0n) is 19.3. The van der Waals surface area contributed by atoms with Gasteiger partial charge in [0.15, 0.2) is 0 Å². The van der Waals surface area contributed by atoms with E-state index in [1.807, 2.05) is 0 Å². The van der Waals surface area contributed by atoms with Crippen molar-refractivity contribution in [1.29, 1.82) is 0 Å². The quantitative estimate of drug-likeness (QED) is 0.415. The molecule has 4 heteroatoms. The summed E-state index contributed by atoms with van der Waals surface area (Å²) in [5.74, 6) is 3.02. The van der Waals surface area contributed by atoms with Crippen molar-refractivity contribution < 1.29 is 43.1 Å². The minimum Gasteiger partial charge on any atom is -1.00 e. The van der Waals surface area contributed by atoms with E-state index in [9.17, 15) is 0 Å². The molecule has 0 bridgehead atoms. The number of hydrogen-bond acceptors (Lipinski definition) is 0. The fourth-order valence-electron chi connectivity index (χ4n) is 4.96. The van der Waals surface area contributed by atoms with Crippen molar-refractivity contribution in [3.63, 3.8) is 0 Å². The zero-order valence-corrected chi connectivity index (χ0v) is 21.6. The maximum atomic E-state index is 2.42. The molecule has 2 nitrogen and oxygen atoms in total. The number of quaternary nitrogens is 2. The van der Waals surface area contributed by atoms with Crippen molar-refractivity contribution in [1.82, 2.24) is 0 Å². The van der Waals surface area contributed by atoms with Gasteiger partial charge in [0.05, 0.1) is 53.4 Å². The van der Waals surface area contributed by atoms with Crippen molar-refractivity contribution >= 4 is 0 Å². The number of piperidine rings is 2. The van der Waals surface area contributed by atoms with Gasteiger partial charge in [-0.05, 0) is 102 Å². The largest absolute Gasteiger partial charge is 4.00 e. The van der Waals surface area contributed by atoms with Crippen LogP contribution in [0.4, 0.5) is 0 Å². The van der Waals surface area contributed by atoms with Crippen molar-refractivity contribution in [2.24, 2.45) is 0 Å². The van der Waals surface area contributed by atoms with Gasteiger partial charge in [-0.1, -0.05) is 0 Å². The van der Waals surface area contributed by atoms with Gasteiger partial charge in [0.1, 0.15) is 0 Å². The summed E-state index contributed by atoms with van der Waals surface area (Å²) in [7, 11) is 4.84. The molecular weight excluding hydrogens is 424 g/mol. The molecule has 0 unspecified atom stereocenters. The number of likely N-dealkylation sites (tertiary alicyclic amines) is 2. The normalized spacial score (nSPS) is 26.2. The molecule has 0 atom stereocenters. The van der Waals surface area contributed by atoms with Crippen LogP contribution in [0.3, 0.4) is 0 Å². The van der Waals surface area contributed by atoms with Gasteiger partial charge in [0, 0.05) is 12.8 Å². The summed E-state index contributed by atoms with van der Waals surface area (Å²) in [5, 5.41) is 0. The second-order valence-electron chi connectivity index (χ2n) is 9.79. The Morgan fingerprint density at radius 1 is 0.567 bits per heavy atom. The fourth-order valence-corrected chi connectivity index (χ4v) is 4.96. The van der Waals surface area contributed by atoms with E-state index in [0.717, 1.165) is 0 Å². The van der Waals surface area contributed by atoms with Gasteiger partial charge in [-0.25, -0.2) is 0 Å². The van der Waals surface area contributed by atoms with Crippen LogP contribution < -0.4 is 12.4 Å². The Labute approximate surface area is 210 Å². The Hall–Kier alpha value is 0.924. The molecule has 0 amide bonds. The Morgan fingerprint density at radius 3 is 1.17 bits per heavy atom. The summed E-state index contributed by atoms with van der Waals surface area (Å²) in [4.78, 5) is 0. The predicted octanol–water partition coefficient (Wildman–Crippen LogP) is 1.83. The van der Waals surface area contributed by atoms with Gasteiger partial charge in [0.25, 0.3) is 0 Å². The smallest absolute Gasteiger partial charge is 1.00 e. The second kappa shape index (κ2) is 14.9. The molecule has 2 saturated heterocycles. The molecule has 0 aromatic rings. The molecular formula is C26H42ClN2Ti+5. The summed E-state index contributed by atoms with van der Waals surface area (Å²) in [6.45, 7) is 8.21. The zero-order chi connectivity index (χ0) is 19.7. The number of nitrogens with zero attached hydrogens (tertiary/aromatic N) is 2. The van der Waals surface area contributed by atoms with Gasteiger partial charge in [0.2, 0.25) is 0 Å². The fraction of sp³-hybridized carbons (Fsp3) is 0.615. The van der Waals surface area contributed by atoms with Crippen LogP contribution >= 0.6 is 0 Å². The van der Waals surface area contributed by atoms with Crippen LogP contribution in [0.25, 0.3) is 0 Å². The van der Waals surface area contributed by atoms with E-state index < -0.39 is 0 Å². The first-order chi connectivity index (χ1) is 13.6. The van der Waals surface area contributed by atoms with Crippen molar-refractivity contribution in [2.45, 2.75) is 51.4 Å². The Morgan fingerprint density at radius 2 is 0.867 bits per heavy atom. The van der Waals surface area contributed by atoms with E-state index in [0.29, 0.717) is 0 Å². The molecule has 4 fully saturated rings. The van der Waals surface area contributed by atoms with Crippen LogP contribution in [0.1, 0.15) is 51.4 Å². The minimum atomic E-state index is 0. The van der Waals surface area contributed by atoms with E-state index >= 15 is 0 Å². The van der Waals surface area contributed by atoms with Crippen LogP contribution in [-0.2, 0) is 21.7 Å². The average molecular weight is 466 g/mol. The minimum absolute atomic E-state index is 0. The van der Waals surface area contributed by atoms with Crippen LogP contribution in [0.2, 0.25) is 0 Å². The first kappa shape index (κ1) is 29.0. The molecule has 2 aliphatic heterocycles. The molecule has 10 radical (unpaired) electrons. The van der Waals surface area contributed by atoms with Crippen molar-refractivity contribution in [3.8, 4) is 0 Å².